The van der Waals surface area contributed by atoms with E-state index in [2.05, 4.69) is 48.5 Å². The Bertz CT molecular complexity index is 1150. The van der Waals surface area contributed by atoms with Crippen LogP contribution in [0.25, 0.3) is 20.4 Å². The minimum absolute atomic E-state index is 0.0413. The molecule has 0 aliphatic rings. The number of benzene rings is 2. The summed E-state index contributed by atoms with van der Waals surface area (Å²) in [6, 6.07) is 19.1. The van der Waals surface area contributed by atoms with Gasteiger partial charge in [-0.25, -0.2) is 9.97 Å². The molecule has 0 amide bonds. The van der Waals surface area contributed by atoms with Gasteiger partial charge in [-0.1, -0.05) is 45.9 Å². The third-order valence-corrected chi connectivity index (χ3v) is 22.1. The summed E-state index contributed by atoms with van der Waals surface area (Å²) >= 11 is 3.66. The molecule has 2 heterocycles. The maximum absolute atomic E-state index is 5.51. The minimum atomic E-state index is -0.545. The molecule has 0 fully saturated rings. The van der Waals surface area contributed by atoms with Gasteiger partial charge in [0.05, 0.1) is 49.5 Å². The van der Waals surface area contributed by atoms with Crippen molar-refractivity contribution >= 4 is 113 Å². The van der Waals surface area contributed by atoms with E-state index in [0.29, 0.717) is 11.8 Å². The molecule has 0 radical (unpaired) electrons. The highest BCUT2D eigenvalue weighted by molar-refractivity contribution is 9.35. The maximum Gasteiger partial charge on any atom is 0.134 e. The Kier molecular flexibility index (Phi) is 15.7. The van der Waals surface area contributed by atoms with Crippen LogP contribution in [-0.4, -0.2) is 80.8 Å². The zero-order valence-corrected chi connectivity index (χ0v) is 32.1. The normalized spacial score (nSPS) is 14.2. The Labute approximate surface area is 274 Å². The summed E-state index contributed by atoms with van der Waals surface area (Å²) in [7, 11) is 15.3. The van der Waals surface area contributed by atoms with Gasteiger partial charge in [-0.05, 0) is 65.8 Å². The van der Waals surface area contributed by atoms with Crippen molar-refractivity contribution in [2.24, 2.45) is 0 Å². The van der Waals surface area contributed by atoms with Crippen molar-refractivity contribution in [1.29, 1.82) is 0 Å². The summed E-state index contributed by atoms with van der Waals surface area (Å²) in [5.41, 5.74) is 2.20. The van der Waals surface area contributed by atoms with Crippen molar-refractivity contribution in [1.82, 2.24) is 9.97 Å². The highest BCUT2D eigenvalue weighted by Gasteiger charge is 2.21. The van der Waals surface area contributed by atoms with E-state index in [-0.39, 0.29) is 11.8 Å². The lowest BCUT2D eigenvalue weighted by Crippen LogP contribution is -2.23. The van der Waals surface area contributed by atoms with Crippen LogP contribution in [0.15, 0.2) is 48.5 Å². The van der Waals surface area contributed by atoms with Crippen LogP contribution in [0.1, 0.15) is 21.9 Å². The molecule has 224 valence electrons. The molecule has 0 aliphatic heterocycles. The predicted octanol–water partition coefficient (Wildman–Crippen LogP) is 7.43. The molecule has 2 aromatic heterocycles. The number of rotatable bonds is 20. The van der Waals surface area contributed by atoms with Crippen molar-refractivity contribution < 1.29 is 18.9 Å². The van der Waals surface area contributed by atoms with Gasteiger partial charge < -0.3 is 18.9 Å². The third-order valence-electron chi connectivity index (χ3n) is 6.56. The second kappa shape index (κ2) is 18.9. The Morgan fingerprint density at radius 1 is 0.634 bits per heavy atom. The van der Waals surface area contributed by atoms with Crippen molar-refractivity contribution in [3.05, 3.63) is 58.5 Å². The van der Waals surface area contributed by atoms with Gasteiger partial charge in [0.2, 0.25) is 0 Å². The fourth-order valence-corrected chi connectivity index (χ4v) is 20.3. The molecule has 0 spiro atoms. The van der Waals surface area contributed by atoms with Gasteiger partial charge in [0.25, 0.3) is 0 Å². The number of methoxy groups -OCH3 is 4. The average molecular weight is 721 g/mol. The highest BCUT2D eigenvalue weighted by atomic mass is 33.8. The first-order valence-electron chi connectivity index (χ1n) is 13.2. The molecule has 15 heteroatoms. The first kappa shape index (κ1) is 34.1. The number of hydrogen-bond donors (Lipinski definition) is 0. The third kappa shape index (κ3) is 10.7. The van der Waals surface area contributed by atoms with Crippen molar-refractivity contribution in [3.8, 4) is 0 Å². The Balaban J connectivity index is 1.26. The number of ether oxygens (including phenoxy) is 4. The van der Waals surface area contributed by atoms with Crippen LogP contribution in [0.3, 0.4) is 0 Å². The van der Waals surface area contributed by atoms with Crippen LogP contribution in [0.5, 0.6) is 0 Å². The van der Waals surface area contributed by atoms with Crippen molar-refractivity contribution in [2.75, 3.05) is 39.9 Å². The number of thiazole rings is 2. The zero-order valence-electron chi connectivity index (χ0n) is 23.6. The number of fused-ring (bicyclic) bond motifs is 2. The summed E-state index contributed by atoms with van der Waals surface area (Å²) in [4.78, 5) is 9.96. The van der Waals surface area contributed by atoms with E-state index in [9.17, 15) is 0 Å². The second-order valence-corrected chi connectivity index (χ2v) is 22.8. The summed E-state index contributed by atoms with van der Waals surface area (Å²) in [5, 5.41) is 2.47. The van der Waals surface area contributed by atoms with Crippen molar-refractivity contribution in [3.63, 3.8) is 0 Å². The standard InChI is InChI=1S/C26H36N2O4S7Si2/c1-29-25(30-2)40-15-17(23-27-19-9-5-7-11-21(19)35-23)13-33-37-39-38-34-14-18(16-41-26(31-3)32-4)24-28-20-10-6-8-12-22(20)36-24/h5-12,17-18,25-26H,13-16,40-41H2,1-4H3. The van der Waals surface area contributed by atoms with Crippen LogP contribution in [0.2, 0.25) is 12.1 Å². The summed E-state index contributed by atoms with van der Waals surface area (Å²) in [6.07, 6.45) is 0. The van der Waals surface area contributed by atoms with Gasteiger partial charge in [0, 0.05) is 51.8 Å². The second-order valence-electron chi connectivity index (χ2n) is 9.16. The highest BCUT2D eigenvalue weighted by Crippen LogP contribution is 2.51. The van der Waals surface area contributed by atoms with E-state index < -0.39 is 19.0 Å². The molecule has 2 unspecified atom stereocenters. The monoisotopic (exact) mass is 720 g/mol. The predicted molar refractivity (Wildman–Crippen MR) is 195 cm³/mol. The molecule has 2 aromatic carbocycles. The topological polar surface area (TPSA) is 62.7 Å². The molecule has 6 nitrogen and oxygen atoms in total. The molecule has 41 heavy (non-hydrogen) atoms. The first-order valence-corrected chi connectivity index (χ1v) is 25.0. The van der Waals surface area contributed by atoms with Crippen LogP contribution in [0, 0.1) is 0 Å². The average Bonchev–Trinajstić information content (AvgIpc) is 3.64. The van der Waals surface area contributed by atoms with E-state index >= 15 is 0 Å². The lowest BCUT2D eigenvalue weighted by Gasteiger charge is -2.18. The smallest absolute Gasteiger partial charge is 0.134 e. The van der Waals surface area contributed by atoms with Gasteiger partial charge in [0.15, 0.2) is 0 Å². The van der Waals surface area contributed by atoms with Crippen LogP contribution < -0.4 is 0 Å². The van der Waals surface area contributed by atoms with E-state index in [1.54, 1.807) is 28.4 Å². The number of para-hydroxylation sites is 2. The molecule has 0 N–H and O–H groups in total. The Morgan fingerprint density at radius 2 is 1.05 bits per heavy atom. The molecular weight excluding hydrogens is 685 g/mol. The number of hydrogen-bond acceptors (Lipinski definition) is 13. The van der Waals surface area contributed by atoms with Gasteiger partial charge in [-0.15, -0.1) is 22.7 Å². The molecule has 0 saturated carbocycles. The van der Waals surface area contributed by atoms with Crippen molar-refractivity contribution in [2.45, 2.75) is 35.8 Å². The quantitative estimate of drug-likeness (QED) is 0.0397. The molecule has 0 saturated heterocycles. The summed E-state index contributed by atoms with van der Waals surface area (Å²) < 4.78 is 24.6. The van der Waals surface area contributed by atoms with E-state index in [1.807, 2.05) is 73.7 Å². The molecule has 2 atom stereocenters. The molecule has 4 aromatic rings. The first-order chi connectivity index (χ1) is 20.1. The number of aromatic nitrogens is 2. The van der Waals surface area contributed by atoms with E-state index in [1.165, 1.54) is 19.4 Å². The summed E-state index contributed by atoms with van der Waals surface area (Å²) in [5.74, 6) is 2.83. The molecule has 0 aliphatic carbocycles. The van der Waals surface area contributed by atoms with Crippen LogP contribution >= 0.6 is 73.7 Å². The summed E-state index contributed by atoms with van der Waals surface area (Å²) in [6.45, 7) is 0. The Hall–Kier alpha value is 0.244. The number of nitrogens with zero attached hydrogens (tertiary/aromatic N) is 2. The maximum atomic E-state index is 5.51. The van der Waals surface area contributed by atoms with Gasteiger partial charge >= 0.3 is 0 Å². The molecule has 4 rings (SSSR count). The van der Waals surface area contributed by atoms with Gasteiger partial charge in [0.1, 0.15) is 11.8 Å². The lowest BCUT2D eigenvalue weighted by atomic mass is 10.2. The SMILES string of the molecule is COC(OC)[SiH2]CC(CSSSSSCC(C[SiH2]C(OC)OC)c1nc2ccccc2s1)c1nc2ccccc2s1. The largest absolute Gasteiger partial charge is 0.360 e. The van der Waals surface area contributed by atoms with E-state index in [0.717, 1.165) is 34.6 Å². The van der Waals surface area contributed by atoms with E-state index in [4.69, 9.17) is 28.9 Å². The fourth-order valence-electron chi connectivity index (χ4n) is 4.29. The van der Waals surface area contributed by atoms with Crippen LogP contribution in [0.4, 0.5) is 0 Å². The Morgan fingerprint density at radius 3 is 1.44 bits per heavy atom. The van der Waals surface area contributed by atoms with Gasteiger partial charge in [-0.3, -0.25) is 0 Å². The molecular formula is C26H36N2O4S7Si2. The molecule has 0 bridgehead atoms. The van der Waals surface area contributed by atoms with Gasteiger partial charge in [-0.2, -0.15) is 0 Å². The van der Waals surface area contributed by atoms with Crippen LogP contribution in [-0.2, 0) is 18.9 Å². The minimum Gasteiger partial charge on any atom is -0.360 e. The fraction of sp³-hybridized carbons (Fsp3) is 0.462. The lowest BCUT2D eigenvalue weighted by molar-refractivity contribution is -0.0443. The zero-order chi connectivity index (χ0) is 28.9.